The molecule has 12 rings (SSSR count). The monoisotopic (exact) mass is 2240 g/mol. The quantitative estimate of drug-likeness (QED) is 0.00723. The van der Waals surface area contributed by atoms with Crippen LogP contribution in [0.1, 0.15) is 192 Å². The third kappa shape index (κ3) is 46.9. The second kappa shape index (κ2) is 58.1. The van der Waals surface area contributed by atoms with Crippen molar-refractivity contribution in [2.24, 2.45) is 0 Å². The van der Waals surface area contributed by atoms with Gasteiger partial charge in [0.1, 0.15) is 88.7 Å². The first-order valence-electron chi connectivity index (χ1n) is 49.6. The molecule has 4 aromatic heterocycles. The number of anilines is 4. The number of halogens is 7. The smallest absolute Gasteiger partial charge is 0.481 e. The van der Waals surface area contributed by atoms with Crippen molar-refractivity contribution in [3.63, 3.8) is 0 Å². The number of nitrogens with zero attached hydrogens (tertiary/aromatic N) is 3. The number of amides is 4. The predicted octanol–water partition coefficient (Wildman–Crippen LogP) is 21.5. The number of hydrogen-bond acceptors (Lipinski definition) is 24. The minimum Gasteiger partial charge on any atom is -0.481 e. The van der Waals surface area contributed by atoms with Crippen LogP contribution in [0.15, 0.2) is 238 Å². The molecule has 150 heavy (non-hydrogen) atoms. The Morgan fingerprint density at radius 1 is 0.393 bits per heavy atom. The summed E-state index contributed by atoms with van der Waals surface area (Å²) in [5, 5.41) is 17.7. The van der Waals surface area contributed by atoms with Gasteiger partial charge in [-0.05, 0) is 328 Å². The summed E-state index contributed by atoms with van der Waals surface area (Å²) in [6.45, 7) is 16.7. The van der Waals surface area contributed by atoms with E-state index in [0.717, 1.165) is 99.5 Å². The van der Waals surface area contributed by atoms with E-state index in [-0.39, 0.29) is 188 Å². The number of nitrogens with one attached hydrogen (secondary N) is 5. The Morgan fingerprint density at radius 3 is 0.900 bits per heavy atom. The minimum absolute atomic E-state index is 0. The molecule has 0 saturated carbocycles. The average molecular weight is 2240 g/mol. The number of ether oxygens (including phenoxy) is 5. The first-order chi connectivity index (χ1) is 74.0. The number of carbonyl (C=O) groups is 6. The Balaban J connectivity index is 0.000000356. The molecule has 800 valence electrons. The van der Waals surface area contributed by atoms with Crippen LogP contribution in [0.2, 0.25) is 0 Å². The maximum atomic E-state index is 13.8. The summed E-state index contributed by atoms with van der Waals surface area (Å²) in [5.74, 6) is -6.46. The van der Waals surface area contributed by atoms with Crippen molar-refractivity contribution in [2.45, 2.75) is 187 Å². The Hall–Kier alpha value is -11.9. The van der Waals surface area contributed by atoms with Gasteiger partial charge in [0, 0.05) is 107 Å². The number of carboxylic acid groups (broad SMARTS) is 1. The van der Waals surface area contributed by atoms with Crippen molar-refractivity contribution in [2.75, 3.05) is 27.3 Å². The van der Waals surface area contributed by atoms with Crippen LogP contribution in [-0.2, 0) is 69.8 Å². The molecule has 0 bridgehead atoms. The molecule has 4 heterocycles. The summed E-state index contributed by atoms with van der Waals surface area (Å²) in [5.41, 5.74) is -3.37. The van der Waals surface area contributed by atoms with Crippen LogP contribution in [0, 0.1) is 78.4 Å². The maximum absolute atomic E-state index is 13.8. The maximum Gasteiger partial charge on any atom is 1.00 e. The second-order valence-electron chi connectivity index (χ2n) is 35.3. The fourth-order valence-electron chi connectivity index (χ4n) is 11.6. The average Bonchev–Trinajstić information content (AvgIpc) is 0.803. The van der Waals surface area contributed by atoms with E-state index in [1.807, 2.05) is 0 Å². The van der Waals surface area contributed by atoms with Crippen LogP contribution in [0.3, 0.4) is 0 Å². The van der Waals surface area contributed by atoms with Gasteiger partial charge in [0.15, 0.2) is 6.07 Å². The van der Waals surface area contributed by atoms with Crippen LogP contribution in [0.4, 0.5) is 45.1 Å². The number of rotatable bonds is 28. The normalized spacial score (nSPS) is 12.7. The Labute approximate surface area is 937 Å². The molecular formula is C103H116Cl3F4KN8O28P3+. The predicted molar refractivity (Wildman–Crippen MR) is 558 cm³/mol. The zero-order chi connectivity index (χ0) is 122. The number of aryl methyl sites for hydroxylation is 8. The number of benzene rings is 8. The van der Waals surface area contributed by atoms with E-state index in [1.54, 1.807) is 147 Å². The van der Waals surface area contributed by atoms with Gasteiger partial charge in [-0.15, -0.1) is 11.6 Å². The van der Waals surface area contributed by atoms with Gasteiger partial charge in [0.25, 0.3) is 46.3 Å². The summed E-state index contributed by atoms with van der Waals surface area (Å²) in [6.07, 6.45) is 5.34. The number of phosphoric ester groups is 3. The molecule has 0 aliphatic heterocycles. The van der Waals surface area contributed by atoms with Crippen molar-refractivity contribution in [3.8, 4) is 46.0 Å². The number of alkyl halides is 2. The van der Waals surface area contributed by atoms with Gasteiger partial charge in [0.2, 0.25) is 5.56 Å². The summed E-state index contributed by atoms with van der Waals surface area (Å²) in [4.78, 5) is 148. The van der Waals surface area contributed by atoms with E-state index < -0.39 is 156 Å². The van der Waals surface area contributed by atoms with Crippen LogP contribution < -0.4 is 114 Å². The van der Waals surface area contributed by atoms with Crippen molar-refractivity contribution in [1.82, 2.24) is 18.7 Å². The minimum atomic E-state index is -4.78. The van der Waals surface area contributed by atoms with Crippen LogP contribution >= 0.6 is 58.3 Å². The molecule has 0 radical (unpaired) electrons. The molecule has 47 heteroatoms. The fraction of sp³-hybridized carbons (Fsp3) is 0.282. The molecule has 0 spiro atoms. The number of aromatic amines is 1. The number of aromatic nitrogens is 4. The van der Waals surface area contributed by atoms with Crippen LogP contribution in [-0.4, -0.2) is 102 Å². The molecule has 9 N–H and O–H groups in total. The standard InChI is InChI=1S/C29H36FN2O7P.C21H18ClFN2O3.C21H20FN2O7P.C20H17FN2O3.C8H19O4P.C2H2Cl2O2.C2H4O2.K/c1-19-9-11-23(25(15-19)37-24-12-10-21(30)16-20(24)2)27(34)31-22-13-14-32(26(33)17-22)18-36-40(35,38-28(3,4)5)39-29(6,7)8;1-13-3-5-17(19(9-13)28-18-6-4-15(23)10-14(18)2)21(27)24-16-7-8-25(12-22)20(26)11-16;1-13-3-5-17(19(9-13)31-18-6-4-15(22)10-14(18)2)21(26)23-16-7-8-24(20(25)11-16)12-30-32(27,28)29;1-12-3-5-16(20(25)23-15-7-8-22-19(24)11-15)18(9-12)26-17-6-4-14(21)10-13(17)2;1-7(2,3)11-13(9,10)12-8(4,5)6;3-1-6-2(4)5;1-2(3)4;/h9-17H,18H2,1-8H3,(H,31,34);3-11H,12H2,1-2H3,(H,24,27);3-11H,12H2,1-2H3,(H,23,26)(H2,27,28,29);3-11H,1-2H3,(H2,22,23,24,25);1-6H3,(H,9,10);1H2;1H3,(H,3,4);/q;;;;;;;+1/i4*2D3;;;;. The van der Waals surface area contributed by atoms with Crippen molar-refractivity contribution in [1.29, 1.82) is 0 Å². The second-order valence-corrected chi connectivity index (χ2v) is 40.1. The van der Waals surface area contributed by atoms with E-state index in [0.29, 0.717) is 5.56 Å². The first-order valence-corrected chi connectivity index (χ1v) is 49.6. The van der Waals surface area contributed by atoms with Crippen molar-refractivity contribution >= 4 is 116 Å². The molecule has 0 aliphatic rings. The van der Waals surface area contributed by atoms with Crippen LogP contribution in [0.5, 0.6) is 46.0 Å². The number of pyridine rings is 4. The fourth-order valence-corrected chi connectivity index (χ4v) is 15.4. The van der Waals surface area contributed by atoms with E-state index >= 15 is 0 Å². The van der Waals surface area contributed by atoms with E-state index in [1.165, 1.54) is 120 Å². The van der Waals surface area contributed by atoms with Crippen molar-refractivity contribution < 1.29 is 198 Å². The molecule has 0 atom stereocenters. The molecule has 0 aliphatic carbocycles. The van der Waals surface area contributed by atoms with Crippen LogP contribution in [0.25, 0.3) is 0 Å². The number of aliphatic carboxylic acids is 1. The topological polar surface area (TPSA) is 483 Å². The largest absolute Gasteiger partial charge is 1.00 e. The Morgan fingerprint density at radius 2 is 0.667 bits per heavy atom. The van der Waals surface area contributed by atoms with Gasteiger partial charge in [-0.2, -0.15) is 0 Å². The SMILES string of the molecule is CC(=O)O.CC(C)(C)OP(=O)(O)OC(C)(C)C.O=C(Cl)OCCl.[2H]C([2H])([2H])c1cc(F)ccc1Oc1cc(C)ccc1C(=O)Nc1cc[nH]c(=O)c1.[2H]C([2H])([2H])c1cc(F)ccc1Oc1cc(C)ccc1C(=O)Nc1ccn(CCl)c(=O)c1.[2H]C([2H])([2H])c1cc(F)ccc1Oc1cc(C)ccc1C(=O)Nc1ccn(COP(=O)(O)O)c(=O)c1.[2H]C([2H])([2H])c1cc(F)ccc1Oc1cc(C)ccc1C(=O)Nc1ccn(COP(=O)(OC(C)(C)C)OC(C)(C)C)c(=O)c1.[K+]. The number of carboxylic acids is 1. The Bertz CT molecular complexity index is 7660. The van der Waals surface area contributed by atoms with Crippen molar-refractivity contribution in [3.05, 3.63) is 350 Å². The van der Waals surface area contributed by atoms with Gasteiger partial charge in [-0.1, -0.05) is 35.9 Å². The molecule has 0 fully saturated rings. The molecule has 0 saturated heterocycles. The van der Waals surface area contributed by atoms with E-state index in [4.69, 9.17) is 101 Å². The molecular weight excluding hydrogens is 2110 g/mol. The zero-order valence-electron chi connectivity index (χ0n) is 96.0. The van der Waals surface area contributed by atoms with Gasteiger partial charge < -0.3 is 74.3 Å². The molecule has 4 amide bonds. The Kier molecular flexibility index (Phi) is 42.4. The molecule has 0 unspecified atom stereocenters. The van der Waals surface area contributed by atoms with Gasteiger partial charge in [0.05, 0.1) is 44.7 Å². The molecule has 12 aromatic rings. The third-order valence-electron chi connectivity index (χ3n) is 17.5. The summed E-state index contributed by atoms with van der Waals surface area (Å²) >= 11 is 15.2. The number of carbonyl (C=O) groups excluding carboxylic acids is 5. The summed E-state index contributed by atoms with van der Waals surface area (Å²) in [7, 11) is -12.8. The van der Waals surface area contributed by atoms with Gasteiger partial charge in [-0.25, -0.2) is 36.1 Å². The number of hydrogen-bond donors (Lipinski definition) is 9. The number of phosphoric acid groups is 3. The zero-order valence-corrected chi connectivity index (χ0v) is 92.1. The molecule has 36 nitrogen and oxygen atoms in total. The van der Waals surface area contributed by atoms with E-state index in [2.05, 4.69) is 47.1 Å². The number of H-pyrrole nitrogens is 1. The molecule has 8 aromatic carbocycles. The summed E-state index contributed by atoms with van der Waals surface area (Å²) < 4.78 is 243. The van der Waals surface area contributed by atoms with Gasteiger partial charge in [-0.3, -0.25) is 79.4 Å². The van der Waals surface area contributed by atoms with Gasteiger partial charge >= 0.3 is 80.3 Å². The first kappa shape index (κ1) is 109. The summed E-state index contributed by atoms with van der Waals surface area (Å²) in [6, 6.07) is 41.4. The van der Waals surface area contributed by atoms with E-state index in [9.17, 15) is 79.3 Å². The third-order valence-corrected chi connectivity index (χ3v) is 22.0.